The lowest BCUT2D eigenvalue weighted by Gasteiger charge is -2.14. The molecule has 0 saturated heterocycles. The first-order valence-corrected chi connectivity index (χ1v) is 6.42. The van der Waals surface area contributed by atoms with Crippen LogP contribution in [0.1, 0.15) is 43.5 Å². The van der Waals surface area contributed by atoms with E-state index in [2.05, 4.69) is 6.07 Å². The van der Waals surface area contributed by atoms with Crippen LogP contribution in [0, 0.1) is 22.6 Å². The van der Waals surface area contributed by atoms with Gasteiger partial charge in [-0.1, -0.05) is 0 Å². The molecule has 0 heterocycles. The molecule has 0 bridgehead atoms. The molecule has 1 rings (SSSR count). The minimum atomic E-state index is -1.22. The number of nitriles is 1. The van der Waals surface area contributed by atoms with E-state index in [4.69, 9.17) is 15.1 Å². The van der Waals surface area contributed by atoms with Gasteiger partial charge in [-0.15, -0.1) is 0 Å². The Morgan fingerprint density at radius 3 is 2.75 bits per heavy atom. The zero-order valence-electron chi connectivity index (χ0n) is 11.6. The molecule has 0 unspecified atom stereocenters. The van der Waals surface area contributed by atoms with Crippen LogP contribution in [-0.2, 0) is 0 Å². The molecule has 0 aliphatic heterocycles. The van der Waals surface area contributed by atoms with Gasteiger partial charge in [-0.05, 0) is 51.3 Å². The lowest BCUT2D eigenvalue weighted by Crippen LogP contribution is -2.09. The maximum atomic E-state index is 13.0. The normalized spacial score (nSPS) is 10.9. The zero-order chi connectivity index (χ0) is 15.2. The lowest BCUT2D eigenvalue weighted by molar-refractivity contribution is 0.0691. The third kappa shape index (κ3) is 4.88. The van der Waals surface area contributed by atoms with Crippen LogP contribution in [0.2, 0.25) is 0 Å². The van der Waals surface area contributed by atoms with Gasteiger partial charge in [0.1, 0.15) is 17.1 Å². The average Bonchev–Trinajstić information content (AvgIpc) is 2.39. The Kier molecular flexibility index (Phi) is 5.51. The minimum absolute atomic E-state index is 0.165. The molecule has 1 N–H and O–H groups in total. The predicted octanol–water partition coefficient (Wildman–Crippen LogP) is 3.62. The number of carboxylic acids is 1. The number of rotatable bonds is 7. The smallest absolute Gasteiger partial charge is 0.339 e. The first kappa shape index (κ1) is 16.0. The number of unbranched alkanes of at least 4 members (excludes halogenated alkanes) is 1. The number of carboxylic acid groups (broad SMARTS) is 1. The number of halogens is 1. The van der Waals surface area contributed by atoms with Crippen molar-refractivity contribution in [3.8, 4) is 11.8 Å². The monoisotopic (exact) mass is 279 g/mol. The number of hydrogen-bond donors (Lipinski definition) is 1. The number of hydrogen-bond acceptors (Lipinski definition) is 3. The largest absolute Gasteiger partial charge is 0.493 e. The molecule has 0 aliphatic carbocycles. The van der Waals surface area contributed by atoms with Crippen LogP contribution in [0.25, 0.3) is 0 Å². The van der Waals surface area contributed by atoms with Crippen molar-refractivity contribution in [1.29, 1.82) is 5.26 Å². The summed E-state index contributed by atoms with van der Waals surface area (Å²) in [7, 11) is 0. The molecule has 0 saturated carbocycles. The summed E-state index contributed by atoms with van der Waals surface area (Å²) in [6.45, 7) is 4.08. The molecule has 0 amide bonds. The molecule has 108 valence electrons. The predicted molar refractivity (Wildman–Crippen MR) is 72.1 cm³/mol. The molecule has 0 aliphatic rings. The highest BCUT2D eigenvalue weighted by Gasteiger charge is 2.16. The summed E-state index contributed by atoms with van der Waals surface area (Å²) < 4.78 is 18.3. The second-order valence-electron chi connectivity index (χ2n) is 5.25. The van der Waals surface area contributed by atoms with Crippen molar-refractivity contribution in [3.05, 3.63) is 29.6 Å². The fraction of sp³-hybridized carbons (Fsp3) is 0.467. The van der Waals surface area contributed by atoms with E-state index in [1.54, 1.807) is 0 Å². The topological polar surface area (TPSA) is 70.3 Å². The Labute approximate surface area is 117 Å². The summed E-state index contributed by atoms with van der Waals surface area (Å²) in [5.41, 5.74) is -0.537. The van der Waals surface area contributed by atoms with Crippen LogP contribution < -0.4 is 4.74 Å². The fourth-order valence-electron chi connectivity index (χ4n) is 1.70. The summed E-state index contributed by atoms with van der Waals surface area (Å²) in [6, 6.07) is 5.65. The van der Waals surface area contributed by atoms with Crippen molar-refractivity contribution in [2.45, 2.75) is 33.1 Å². The molecule has 0 spiro atoms. The minimum Gasteiger partial charge on any atom is -0.493 e. The van der Waals surface area contributed by atoms with E-state index in [1.807, 2.05) is 13.8 Å². The third-order valence-corrected chi connectivity index (χ3v) is 2.93. The van der Waals surface area contributed by atoms with Crippen LogP contribution >= 0.6 is 0 Å². The van der Waals surface area contributed by atoms with Crippen molar-refractivity contribution in [1.82, 2.24) is 0 Å². The molecular weight excluding hydrogens is 261 g/mol. The fourth-order valence-corrected chi connectivity index (χ4v) is 1.70. The van der Waals surface area contributed by atoms with Gasteiger partial charge in [0.05, 0.1) is 18.1 Å². The standard InChI is InChI=1S/C15H18FNO3/c1-15(2,10-17)7-3-4-8-20-13-6-5-11(16)9-12(13)14(18)19/h5-6,9H,3-4,7-8H2,1-2H3,(H,18,19). The molecule has 0 fully saturated rings. The van der Waals surface area contributed by atoms with Gasteiger partial charge < -0.3 is 9.84 Å². The number of ether oxygens (including phenoxy) is 1. The summed E-state index contributed by atoms with van der Waals surface area (Å²) in [5, 5.41) is 17.8. The van der Waals surface area contributed by atoms with Crippen LogP contribution in [0.3, 0.4) is 0 Å². The first-order valence-electron chi connectivity index (χ1n) is 6.42. The van der Waals surface area contributed by atoms with Crippen molar-refractivity contribution in [2.75, 3.05) is 6.61 Å². The Hall–Kier alpha value is -2.09. The highest BCUT2D eigenvalue weighted by atomic mass is 19.1. The molecule has 1 aromatic rings. The molecule has 0 atom stereocenters. The van der Waals surface area contributed by atoms with Gasteiger partial charge in [-0.25, -0.2) is 9.18 Å². The maximum absolute atomic E-state index is 13.0. The van der Waals surface area contributed by atoms with Crippen LogP contribution in [0.15, 0.2) is 18.2 Å². The number of aromatic carboxylic acids is 1. The van der Waals surface area contributed by atoms with Gasteiger partial charge in [-0.2, -0.15) is 5.26 Å². The highest BCUT2D eigenvalue weighted by Crippen LogP contribution is 2.23. The Morgan fingerprint density at radius 2 is 2.15 bits per heavy atom. The van der Waals surface area contributed by atoms with E-state index in [9.17, 15) is 9.18 Å². The van der Waals surface area contributed by atoms with E-state index in [0.29, 0.717) is 13.0 Å². The number of benzene rings is 1. The van der Waals surface area contributed by atoms with Gasteiger partial charge in [0.15, 0.2) is 0 Å². The summed E-state index contributed by atoms with van der Waals surface area (Å²) in [5.74, 6) is -1.66. The molecule has 0 radical (unpaired) electrons. The lowest BCUT2D eigenvalue weighted by atomic mass is 9.89. The van der Waals surface area contributed by atoms with E-state index < -0.39 is 11.8 Å². The van der Waals surface area contributed by atoms with Gasteiger partial charge in [0.2, 0.25) is 0 Å². The highest BCUT2D eigenvalue weighted by molar-refractivity contribution is 5.90. The second-order valence-corrected chi connectivity index (χ2v) is 5.25. The van der Waals surface area contributed by atoms with Crippen molar-refractivity contribution < 1.29 is 19.0 Å². The van der Waals surface area contributed by atoms with Crippen LogP contribution in [0.5, 0.6) is 5.75 Å². The quantitative estimate of drug-likeness (QED) is 0.774. The Bertz CT molecular complexity index is 520. The van der Waals surface area contributed by atoms with E-state index in [1.165, 1.54) is 12.1 Å². The van der Waals surface area contributed by atoms with E-state index >= 15 is 0 Å². The Morgan fingerprint density at radius 1 is 1.45 bits per heavy atom. The van der Waals surface area contributed by atoms with E-state index in [0.717, 1.165) is 18.9 Å². The molecule has 5 heteroatoms. The first-order chi connectivity index (χ1) is 9.35. The molecule has 20 heavy (non-hydrogen) atoms. The number of carbonyl (C=O) groups is 1. The van der Waals surface area contributed by atoms with Crippen LogP contribution in [0.4, 0.5) is 4.39 Å². The van der Waals surface area contributed by atoms with Gasteiger partial charge in [0.25, 0.3) is 0 Å². The van der Waals surface area contributed by atoms with Gasteiger partial charge >= 0.3 is 5.97 Å². The SMILES string of the molecule is CC(C)(C#N)CCCCOc1ccc(F)cc1C(=O)O. The van der Waals surface area contributed by atoms with E-state index in [-0.39, 0.29) is 16.7 Å². The number of nitrogens with zero attached hydrogens (tertiary/aromatic N) is 1. The van der Waals surface area contributed by atoms with Gasteiger partial charge in [-0.3, -0.25) is 0 Å². The average molecular weight is 279 g/mol. The molecular formula is C15H18FNO3. The molecule has 0 aromatic heterocycles. The molecule has 1 aromatic carbocycles. The summed E-state index contributed by atoms with van der Waals surface area (Å²) in [6.07, 6.45) is 2.27. The molecule has 4 nitrogen and oxygen atoms in total. The van der Waals surface area contributed by atoms with Crippen LogP contribution in [-0.4, -0.2) is 17.7 Å². The third-order valence-electron chi connectivity index (χ3n) is 2.93. The van der Waals surface area contributed by atoms with Crippen molar-refractivity contribution in [3.63, 3.8) is 0 Å². The zero-order valence-corrected chi connectivity index (χ0v) is 11.6. The maximum Gasteiger partial charge on any atom is 0.339 e. The Balaban J connectivity index is 2.47. The summed E-state index contributed by atoms with van der Waals surface area (Å²) >= 11 is 0. The van der Waals surface area contributed by atoms with Crippen molar-refractivity contribution in [2.24, 2.45) is 5.41 Å². The second kappa shape index (κ2) is 6.90. The van der Waals surface area contributed by atoms with Crippen molar-refractivity contribution >= 4 is 5.97 Å². The summed E-state index contributed by atoms with van der Waals surface area (Å²) in [4.78, 5) is 11.0. The van der Waals surface area contributed by atoms with Gasteiger partial charge in [0, 0.05) is 0 Å².